The third-order valence-electron chi connectivity index (χ3n) is 12.9. The summed E-state index contributed by atoms with van der Waals surface area (Å²) in [6.07, 6.45) is 11.4. The zero-order chi connectivity index (χ0) is 59.4. The molecular formula is C72H54N4O8. The lowest BCUT2D eigenvalue weighted by atomic mass is 9.91. The topological polar surface area (TPSA) is 200 Å². The normalized spacial score (nSPS) is 11.6. The molecule has 0 aliphatic carbocycles. The van der Waals surface area contributed by atoms with Gasteiger partial charge in [-0.3, -0.25) is 0 Å². The Morgan fingerprint density at radius 3 is 0.702 bits per heavy atom. The van der Waals surface area contributed by atoms with Crippen LogP contribution in [0, 0.1) is 50.7 Å². The van der Waals surface area contributed by atoms with Crippen LogP contribution in [0.25, 0.3) is 22.3 Å². The van der Waals surface area contributed by atoms with E-state index in [9.17, 15) is 40.2 Å². The van der Waals surface area contributed by atoms with Crippen molar-refractivity contribution in [2.24, 2.45) is 5.41 Å². The van der Waals surface area contributed by atoms with Crippen LogP contribution in [0.1, 0.15) is 45.9 Å². The van der Waals surface area contributed by atoms with Crippen molar-refractivity contribution in [3.63, 3.8) is 0 Å². The first-order valence-electron chi connectivity index (χ1n) is 26.4. The summed E-state index contributed by atoms with van der Waals surface area (Å²) in [4.78, 5) is 56.5. The first-order chi connectivity index (χ1) is 41.0. The predicted octanol–water partition coefficient (Wildman–Crippen LogP) is 13.4. The van der Waals surface area contributed by atoms with Gasteiger partial charge in [0.05, 0.1) is 0 Å². The maximum absolute atomic E-state index is 14.2. The molecule has 7 rings (SSSR count). The first-order valence-corrected chi connectivity index (χ1v) is 26.4. The molecule has 0 aromatic heterocycles. The molecule has 0 unspecified atom stereocenters. The molecule has 0 fully saturated rings. The highest BCUT2D eigenvalue weighted by Gasteiger charge is 2.39. The van der Waals surface area contributed by atoms with Crippen LogP contribution in [-0.2, 0) is 38.1 Å². The Bertz CT molecular complexity index is 3420. The number of hydrogen-bond donors (Lipinski definition) is 0. The first kappa shape index (κ1) is 60.0. The number of carbonyl (C=O) groups is 4. The molecule has 0 N–H and O–H groups in total. The van der Waals surface area contributed by atoms with Gasteiger partial charge in [-0.15, -0.1) is 0 Å². The lowest BCUT2D eigenvalue weighted by Crippen LogP contribution is -2.44. The molecule has 7 aromatic carbocycles. The fraction of sp³-hybridized carbons (Fsp3) is 0.0833. The van der Waals surface area contributed by atoms with Crippen LogP contribution in [0.15, 0.2) is 283 Å². The van der Waals surface area contributed by atoms with Gasteiger partial charge in [-0.05, 0) is 92.5 Å². The quantitative estimate of drug-likeness (QED) is 0.0193. The van der Waals surface area contributed by atoms with Gasteiger partial charge in [0.25, 0.3) is 0 Å². The molecule has 0 saturated heterocycles. The Morgan fingerprint density at radius 1 is 0.310 bits per heavy atom. The van der Waals surface area contributed by atoms with E-state index in [2.05, 4.69) is 0 Å². The highest BCUT2D eigenvalue weighted by molar-refractivity contribution is 5.96. The summed E-state index contributed by atoms with van der Waals surface area (Å²) >= 11 is 0. The van der Waals surface area contributed by atoms with Crippen LogP contribution >= 0.6 is 0 Å². The van der Waals surface area contributed by atoms with Crippen molar-refractivity contribution in [2.75, 3.05) is 26.4 Å². The van der Waals surface area contributed by atoms with E-state index in [-0.39, 0.29) is 0 Å². The molecule has 84 heavy (non-hydrogen) atoms. The summed E-state index contributed by atoms with van der Waals surface area (Å²) < 4.78 is 23.3. The van der Waals surface area contributed by atoms with Crippen molar-refractivity contribution in [3.05, 3.63) is 322 Å². The molecule has 0 saturated carbocycles. The number of ether oxygens (including phenoxy) is 4. The maximum atomic E-state index is 14.2. The average molecular weight is 1100 g/mol. The molecule has 12 heteroatoms. The molecule has 0 heterocycles. The Labute approximate surface area is 488 Å². The fourth-order valence-corrected chi connectivity index (χ4v) is 8.33. The minimum absolute atomic E-state index is 0.456. The number of nitriles is 4. The monoisotopic (exact) mass is 1100 g/mol. The summed E-state index contributed by atoms with van der Waals surface area (Å²) in [7, 11) is 0. The Kier molecular flexibility index (Phi) is 22.3. The van der Waals surface area contributed by atoms with Gasteiger partial charge in [-0.2, -0.15) is 21.0 Å². The summed E-state index contributed by atoms with van der Waals surface area (Å²) in [6.45, 7) is -1.71. The molecule has 7 aromatic rings. The molecule has 0 atom stereocenters. The summed E-state index contributed by atoms with van der Waals surface area (Å²) in [6, 6.07) is 72.3. The number of nitrogens with zero attached hydrogens (tertiary/aromatic N) is 4. The third-order valence-corrected chi connectivity index (χ3v) is 12.9. The van der Waals surface area contributed by atoms with Crippen molar-refractivity contribution in [2.45, 2.75) is 6.92 Å². The van der Waals surface area contributed by atoms with E-state index in [0.29, 0.717) is 22.3 Å². The maximum Gasteiger partial charge on any atom is 0.348 e. The number of allylic oxidation sites excluding steroid dienone is 9. The summed E-state index contributed by atoms with van der Waals surface area (Å²) in [5.41, 5.74) is 4.26. The molecule has 410 valence electrons. The van der Waals surface area contributed by atoms with Crippen molar-refractivity contribution in [3.8, 4) is 24.3 Å². The third kappa shape index (κ3) is 17.2. The summed E-state index contributed by atoms with van der Waals surface area (Å²) in [5.74, 6) is -4.67. The van der Waals surface area contributed by atoms with E-state index in [1.54, 1.807) is 31.2 Å². The van der Waals surface area contributed by atoms with Gasteiger partial charge in [0.2, 0.25) is 0 Å². The smallest absolute Gasteiger partial charge is 0.348 e. The van der Waals surface area contributed by atoms with Crippen molar-refractivity contribution < 1.29 is 38.1 Å². The highest BCUT2D eigenvalue weighted by Crippen LogP contribution is 2.29. The lowest BCUT2D eigenvalue weighted by molar-refractivity contribution is -0.165. The van der Waals surface area contributed by atoms with E-state index >= 15 is 0 Å². The predicted molar refractivity (Wildman–Crippen MR) is 321 cm³/mol. The van der Waals surface area contributed by atoms with Gasteiger partial charge >= 0.3 is 23.9 Å². The molecule has 0 bridgehead atoms. The fourth-order valence-electron chi connectivity index (χ4n) is 8.33. The molecule has 0 aliphatic heterocycles. The largest absolute Gasteiger partial charge is 0.461 e. The Balaban J connectivity index is 1.29. The van der Waals surface area contributed by atoms with Crippen LogP contribution in [0.4, 0.5) is 0 Å². The van der Waals surface area contributed by atoms with Crippen molar-refractivity contribution in [1.82, 2.24) is 0 Å². The van der Waals surface area contributed by atoms with Gasteiger partial charge < -0.3 is 18.9 Å². The van der Waals surface area contributed by atoms with E-state index in [0.717, 1.165) is 38.9 Å². The van der Waals surface area contributed by atoms with Crippen LogP contribution in [0.3, 0.4) is 0 Å². The van der Waals surface area contributed by atoms with Gasteiger partial charge in [0.1, 0.15) is 78.4 Å². The van der Waals surface area contributed by atoms with E-state index in [1.165, 1.54) is 24.3 Å². The van der Waals surface area contributed by atoms with Crippen LogP contribution in [-0.4, -0.2) is 50.3 Å². The van der Waals surface area contributed by atoms with Crippen molar-refractivity contribution in [1.29, 1.82) is 21.0 Å². The minimum Gasteiger partial charge on any atom is -0.461 e. The molecule has 0 radical (unpaired) electrons. The van der Waals surface area contributed by atoms with Crippen LogP contribution in [0.5, 0.6) is 0 Å². The second kappa shape index (κ2) is 31.2. The highest BCUT2D eigenvalue weighted by atomic mass is 16.6. The van der Waals surface area contributed by atoms with Gasteiger partial charge in [-0.1, -0.05) is 237 Å². The zero-order valence-corrected chi connectivity index (χ0v) is 45.7. The van der Waals surface area contributed by atoms with Gasteiger partial charge in [-0.25, -0.2) is 19.2 Å². The van der Waals surface area contributed by atoms with Crippen LogP contribution < -0.4 is 0 Å². The second-order valence-electron chi connectivity index (χ2n) is 18.7. The number of hydrogen-bond acceptors (Lipinski definition) is 12. The van der Waals surface area contributed by atoms with E-state index in [1.807, 2.05) is 237 Å². The standard InChI is InChI=1S/C72H54N4O8/c1-53(54-23-9-2-10-24-54)37-38-61(45-73)68(77)81-49-72(50-82-69(78)62(46-74)39-42-65(55-25-11-3-12-26-55)56-27-13-4-14-28-56,51-83-70(79)63(47-75)40-43-66(57-29-15-5-16-30-57)58-31-17-6-18-32-58)52-84-71(80)64(48-76)41-44-67(59-33-19-7-20-34-59)60-35-21-8-22-36-60/h2-44H,49-52H2,1H3/b53-37+,61-38+,62-39-,63-40+,64-41+. The number of carbonyl (C=O) groups excluding carboxylic acids is 4. The van der Waals surface area contributed by atoms with Gasteiger partial charge in [0, 0.05) is 0 Å². The summed E-state index contributed by atoms with van der Waals surface area (Å²) in [5, 5.41) is 41.5. The number of esters is 4. The van der Waals surface area contributed by atoms with Gasteiger partial charge in [0.15, 0.2) is 0 Å². The van der Waals surface area contributed by atoms with Crippen LogP contribution in [0.2, 0.25) is 0 Å². The van der Waals surface area contributed by atoms with Crippen molar-refractivity contribution >= 4 is 46.2 Å². The SMILES string of the molecule is C/C(=C\C=C(/C#N)C(=O)OCC(COC(=O)/C(C#N)=C\C=C(c1ccccc1)c1ccccc1)(COC(=O)/C(C#N)=C/C=C(c1ccccc1)c1ccccc1)COC(=O)/C(C#N)=C/C=C(c1ccccc1)c1ccccc1)c1ccccc1. The Hall–Kier alpha value is -11.7. The molecule has 0 aliphatic rings. The number of benzene rings is 7. The molecule has 0 spiro atoms. The average Bonchev–Trinajstić information content (AvgIpc) is 3.59. The second-order valence-corrected chi connectivity index (χ2v) is 18.7. The van der Waals surface area contributed by atoms with E-state index in [4.69, 9.17) is 18.9 Å². The molecule has 12 nitrogen and oxygen atoms in total. The minimum atomic E-state index is -2.06. The lowest BCUT2D eigenvalue weighted by Gasteiger charge is -2.31. The number of rotatable bonds is 23. The molecule has 0 amide bonds. The van der Waals surface area contributed by atoms with E-state index < -0.39 is 78.0 Å². The zero-order valence-electron chi connectivity index (χ0n) is 45.7. The molecular weight excluding hydrogens is 1050 g/mol. The Morgan fingerprint density at radius 2 is 0.500 bits per heavy atom.